The van der Waals surface area contributed by atoms with Crippen molar-refractivity contribution in [2.75, 3.05) is 40.5 Å². The fraction of sp³-hybridized carbons (Fsp3) is 0.429. The van der Waals surface area contributed by atoms with Crippen molar-refractivity contribution in [3.63, 3.8) is 0 Å². The second kappa shape index (κ2) is 10.6. The minimum atomic E-state index is -0.478. The number of phenols is 2. The van der Waals surface area contributed by atoms with Crippen molar-refractivity contribution in [2.45, 2.75) is 19.8 Å². The molecule has 1 heterocycles. The van der Waals surface area contributed by atoms with Crippen LogP contribution in [-0.2, 0) is 27.1 Å². The van der Waals surface area contributed by atoms with Crippen molar-refractivity contribution >= 4 is 11.7 Å². The highest BCUT2D eigenvalue weighted by molar-refractivity contribution is 6.12. The van der Waals surface area contributed by atoms with E-state index in [2.05, 4.69) is 0 Å². The number of carbonyl (C=O) groups excluding carboxylic acids is 2. The van der Waals surface area contributed by atoms with Crippen molar-refractivity contribution in [2.24, 2.45) is 0 Å². The summed E-state index contributed by atoms with van der Waals surface area (Å²) in [5.74, 6) is -1.28. The number of hydrogen-bond acceptors (Lipinski definition) is 7. The number of furan rings is 1. The van der Waals surface area contributed by atoms with Gasteiger partial charge in [-0.25, -0.2) is 0 Å². The van der Waals surface area contributed by atoms with Crippen LogP contribution in [0.5, 0.6) is 11.5 Å². The average Bonchev–Trinajstić information content (AvgIpc) is 3.22. The monoisotopic (exact) mass is 405 g/mol. The SMILES string of the molecule is CCc1c(O)cc(O)c(C(=O)c2ccoc2)c1CC(=O)N(CCOC)CCOC. The van der Waals surface area contributed by atoms with Gasteiger partial charge in [-0.3, -0.25) is 9.59 Å². The second-order valence-electron chi connectivity index (χ2n) is 6.48. The molecule has 8 heteroatoms. The molecule has 2 aromatic rings. The van der Waals surface area contributed by atoms with Crippen LogP contribution in [0.1, 0.15) is 34.0 Å². The van der Waals surface area contributed by atoms with Gasteiger partial charge in [-0.15, -0.1) is 0 Å². The molecule has 8 nitrogen and oxygen atoms in total. The molecular formula is C21H27NO7. The summed E-state index contributed by atoms with van der Waals surface area (Å²) in [5, 5.41) is 20.7. The van der Waals surface area contributed by atoms with E-state index in [-0.39, 0.29) is 35.0 Å². The molecule has 0 radical (unpaired) electrons. The molecule has 29 heavy (non-hydrogen) atoms. The lowest BCUT2D eigenvalue weighted by molar-refractivity contribution is -0.131. The van der Waals surface area contributed by atoms with E-state index in [1.807, 2.05) is 0 Å². The van der Waals surface area contributed by atoms with Crippen molar-refractivity contribution in [1.82, 2.24) is 4.90 Å². The van der Waals surface area contributed by atoms with Crippen molar-refractivity contribution in [3.8, 4) is 11.5 Å². The molecule has 0 saturated carbocycles. The van der Waals surface area contributed by atoms with Gasteiger partial charge in [0.05, 0.1) is 37.0 Å². The van der Waals surface area contributed by atoms with Gasteiger partial charge in [0.2, 0.25) is 5.91 Å². The molecule has 0 saturated heterocycles. The molecule has 0 aliphatic carbocycles. The van der Waals surface area contributed by atoms with Crippen LogP contribution in [0.3, 0.4) is 0 Å². The van der Waals surface area contributed by atoms with Crippen molar-refractivity contribution in [1.29, 1.82) is 0 Å². The molecule has 0 spiro atoms. The third-order valence-corrected chi connectivity index (χ3v) is 4.68. The van der Waals surface area contributed by atoms with Crippen LogP contribution in [-0.4, -0.2) is 67.3 Å². The van der Waals surface area contributed by atoms with Gasteiger partial charge >= 0.3 is 0 Å². The van der Waals surface area contributed by atoms with Gasteiger partial charge in [0.1, 0.15) is 17.8 Å². The number of carbonyl (C=O) groups is 2. The van der Waals surface area contributed by atoms with Gasteiger partial charge in [0, 0.05) is 33.4 Å². The average molecular weight is 405 g/mol. The smallest absolute Gasteiger partial charge is 0.227 e. The largest absolute Gasteiger partial charge is 0.508 e. The number of aromatic hydroxyl groups is 2. The highest BCUT2D eigenvalue weighted by atomic mass is 16.5. The quantitative estimate of drug-likeness (QED) is 0.551. The predicted octanol–water partition coefficient (Wildman–Crippen LogP) is 2.15. The van der Waals surface area contributed by atoms with Gasteiger partial charge in [0.15, 0.2) is 5.78 Å². The Labute approximate surface area is 169 Å². The summed E-state index contributed by atoms with van der Waals surface area (Å²) in [6, 6.07) is 2.61. The molecule has 1 aromatic carbocycles. The van der Waals surface area contributed by atoms with Gasteiger partial charge < -0.3 is 29.0 Å². The predicted molar refractivity (Wildman–Crippen MR) is 105 cm³/mol. The Morgan fingerprint density at radius 3 is 2.24 bits per heavy atom. The molecule has 0 fully saturated rings. The fourth-order valence-electron chi connectivity index (χ4n) is 3.16. The lowest BCUT2D eigenvalue weighted by Gasteiger charge is -2.24. The maximum absolute atomic E-state index is 13.0. The molecule has 1 amide bonds. The summed E-state index contributed by atoms with van der Waals surface area (Å²) < 4.78 is 15.1. The summed E-state index contributed by atoms with van der Waals surface area (Å²) in [6.45, 7) is 3.22. The zero-order chi connectivity index (χ0) is 21.4. The van der Waals surface area contributed by atoms with Crippen LogP contribution in [0.4, 0.5) is 0 Å². The lowest BCUT2D eigenvalue weighted by atomic mass is 9.90. The van der Waals surface area contributed by atoms with Crippen LogP contribution in [0.15, 0.2) is 29.1 Å². The molecule has 2 N–H and O–H groups in total. The van der Waals surface area contributed by atoms with Crippen molar-refractivity contribution in [3.05, 3.63) is 46.9 Å². The van der Waals surface area contributed by atoms with Crippen LogP contribution in [0.2, 0.25) is 0 Å². The first-order valence-electron chi connectivity index (χ1n) is 9.33. The van der Waals surface area contributed by atoms with Crippen LogP contribution in [0, 0.1) is 0 Å². The molecule has 1 aromatic heterocycles. The number of phenolic OH excluding ortho intramolecular Hbond substituents is 2. The van der Waals surface area contributed by atoms with Gasteiger partial charge in [0.25, 0.3) is 0 Å². The van der Waals surface area contributed by atoms with Crippen molar-refractivity contribution < 1.29 is 33.7 Å². The number of benzene rings is 1. The Bertz CT molecular complexity index is 822. The number of methoxy groups -OCH3 is 2. The third kappa shape index (κ3) is 5.36. The Morgan fingerprint density at radius 1 is 1.07 bits per heavy atom. The van der Waals surface area contributed by atoms with Gasteiger partial charge in [-0.1, -0.05) is 6.92 Å². The van der Waals surface area contributed by atoms with Crippen LogP contribution < -0.4 is 0 Å². The fourth-order valence-corrected chi connectivity index (χ4v) is 3.16. The molecule has 0 bridgehead atoms. The number of nitrogens with zero attached hydrogens (tertiary/aromatic N) is 1. The summed E-state index contributed by atoms with van der Waals surface area (Å²) in [4.78, 5) is 27.5. The molecule has 2 rings (SSSR count). The zero-order valence-electron chi connectivity index (χ0n) is 16.9. The van der Waals surface area contributed by atoms with E-state index in [1.54, 1.807) is 26.0 Å². The molecule has 0 unspecified atom stereocenters. The lowest BCUT2D eigenvalue weighted by Crippen LogP contribution is -2.37. The molecular weight excluding hydrogens is 378 g/mol. The normalized spacial score (nSPS) is 10.9. The zero-order valence-corrected chi connectivity index (χ0v) is 16.9. The molecule has 0 aliphatic heterocycles. The first kappa shape index (κ1) is 22.4. The Morgan fingerprint density at radius 2 is 1.72 bits per heavy atom. The summed E-state index contributed by atoms with van der Waals surface area (Å²) in [5.41, 5.74) is 0.993. The number of ketones is 1. The van der Waals surface area contributed by atoms with E-state index in [1.165, 1.54) is 18.6 Å². The van der Waals surface area contributed by atoms with E-state index in [0.29, 0.717) is 43.9 Å². The maximum atomic E-state index is 13.0. The van der Waals surface area contributed by atoms with E-state index >= 15 is 0 Å². The van der Waals surface area contributed by atoms with E-state index in [4.69, 9.17) is 13.9 Å². The number of amides is 1. The Hall–Kier alpha value is -2.84. The summed E-state index contributed by atoms with van der Waals surface area (Å²) in [7, 11) is 3.09. The Balaban J connectivity index is 2.45. The number of ether oxygens (including phenoxy) is 2. The third-order valence-electron chi connectivity index (χ3n) is 4.68. The molecule has 0 atom stereocenters. The van der Waals surface area contributed by atoms with Gasteiger partial charge in [-0.05, 0) is 23.6 Å². The highest BCUT2D eigenvalue weighted by Gasteiger charge is 2.26. The minimum Gasteiger partial charge on any atom is -0.508 e. The first-order valence-corrected chi connectivity index (χ1v) is 9.33. The Kier molecular flexibility index (Phi) is 8.23. The van der Waals surface area contributed by atoms with E-state index < -0.39 is 5.78 Å². The molecule has 158 valence electrons. The van der Waals surface area contributed by atoms with E-state index in [0.717, 1.165) is 6.07 Å². The minimum absolute atomic E-state index is 0.00664. The topological polar surface area (TPSA) is 109 Å². The number of rotatable bonds is 11. The maximum Gasteiger partial charge on any atom is 0.227 e. The number of hydrogen-bond donors (Lipinski definition) is 2. The van der Waals surface area contributed by atoms with E-state index in [9.17, 15) is 19.8 Å². The van der Waals surface area contributed by atoms with Crippen LogP contribution in [0.25, 0.3) is 0 Å². The summed E-state index contributed by atoms with van der Waals surface area (Å²) in [6.07, 6.45) is 2.86. The highest BCUT2D eigenvalue weighted by Crippen LogP contribution is 2.35. The molecule has 0 aliphatic rings. The van der Waals surface area contributed by atoms with Crippen LogP contribution >= 0.6 is 0 Å². The summed E-state index contributed by atoms with van der Waals surface area (Å²) >= 11 is 0. The standard InChI is InChI=1S/C21H27NO7/c1-4-15-16(11-19(25)22(6-9-27-2)7-10-28-3)20(18(24)12-17(15)23)21(26)14-5-8-29-13-14/h5,8,12-13,23-24H,4,6-7,9-11H2,1-3H3. The second-order valence-corrected chi connectivity index (χ2v) is 6.48. The van der Waals surface area contributed by atoms with Gasteiger partial charge in [-0.2, -0.15) is 0 Å². The first-order chi connectivity index (χ1) is 13.9.